The zero-order valence-corrected chi connectivity index (χ0v) is 23.8. The van der Waals surface area contributed by atoms with Crippen LogP contribution in [0.4, 0.5) is 0 Å². The second kappa shape index (κ2) is 20.5. The first-order valence-corrected chi connectivity index (χ1v) is 13.5. The number of hydrogen-bond donors (Lipinski definition) is 4. The van der Waals surface area contributed by atoms with E-state index >= 15 is 0 Å². The van der Waals surface area contributed by atoms with Gasteiger partial charge >= 0.3 is 5.97 Å². The normalized spacial score (nSPS) is 14.3. The van der Waals surface area contributed by atoms with E-state index < -0.39 is 35.8 Å². The van der Waals surface area contributed by atoms with Crippen molar-refractivity contribution in [1.82, 2.24) is 20.9 Å². The van der Waals surface area contributed by atoms with Gasteiger partial charge in [-0.25, -0.2) is 0 Å². The highest BCUT2D eigenvalue weighted by molar-refractivity contribution is 6.13. The van der Waals surface area contributed by atoms with Gasteiger partial charge in [0.1, 0.15) is 12.1 Å². The van der Waals surface area contributed by atoms with Gasteiger partial charge in [-0.3, -0.25) is 33.7 Å². The van der Waals surface area contributed by atoms with Crippen LogP contribution in [0.25, 0.3) is 0 Å². The predicted molar refractivity (Wildman–Crippen MR) is 143 cm³/mol. The van der Waals surface area contributed by atoms with Crippen LogP contribution in [-0.4, -0.2) is 124 Å². The fraction of sp³-hybridized carbons (Fsp3) is 0.692. The molecule has 0 aromatic heterocycles. The number of carboxylic acid groups (broad SMARTS) is 1. The molecular weight excluding hydrogens is 544 g/mol. The van der Waals surface area contributed by atoms with E-state index in [2.05, 4.69) is 16.0 Å². The molecule has 1 aliphatic rings. The van der Waals surface area contributed by atoms with Gasteiger partial charge in [0.15, 0.2) is 0 Å². The average molecular weight is 587 g/mol. The summed E-state index contributed by atoms with van der Waals surface area (Å²) in [5.41, 5.74) is 0. The van der Waals surface area contributed by atoms with Crippen LogP contribution < -0.4 is 16.0 Å². The smallest absolute Gasteiger partial charge is 0.325 e. The zero-order chi connectivity index (χ0) is 30.6. The number of aliphatic carboxylic acids is 1. The molecule has 1 rings (SSSR count). The molecule has 0 saturated heterocycles. The van der Waals surface area contributed by atoms with E-state index in [1.807, 2.05) is 0 Å². The quantitative estimate of drug-likeness (QED) is 0.0811. The highest BCUT2D eigenvalue weighted by Gasteiger charge is 2.26. The van der Waals surface area contributed by atoms with Gasteiger partial charge in [-0.1, -0.05) is 13.8 Å². The summed E-state index contributed by atoms with van der Waals surface area (Å²) in [6, 6.07) is -1.91. The molecule has 41 heavy (non-hydrogen) atoms. The Morgan fingerprint density at radius 1 is 0.756 bits per heavy atom. The van der Waals surface area contributed by atoms with Crippen LogP contribution in [0, 0.1) is 5.92 Å². The van der Waals surface area contributed by atoms with Crippen molar-refractivity contribution in [2.75, 3.05) is 65.9 Å². The Bertz CT molecular complexity index is 892. The van der Waals surface area contributed by atoms with Crippen LogP contribution in [0.15, 0.2) is 12.2 Å². The van der Waals surface area contributed by atoms with Crippen LogP contribution in [0.5, 0.6) is 0 Å². The Hall–Kier alpha value is -3.40. The van der Waals surface area contributed by atoms with Crippen LogP contribution in [0.3, 0.4) is 0 Å². The monoisotopic (exact) mass is 586 g/mol. The molecule has 0 aromatic rings. The molecule has 0 fully saturated rings. The van der Waals surface area contributed by atoms with E-state index in [1.165, 1.54) is 19.1 Å². The van der Waals surface area contributed by atoms with Crippen molar-refractivity contribution in [3.63, 3.8) is 0 Å². The number of ether oxygens (including phenoxy) is 4. The maximum Gasteiger partial charge on any atom is 0.325 e. The lowest BCUT2D eigenvalue weighted by Gasteiger charge is -2.23. The lowest BCUT2D eigenvalue weighted by atomic mass is 10.0. The second-order valence-corrected chi connectivity index (χ2v) is 9.32. The Morgan fingerprint density at radius 2 is 1.27 bits per heavy atom. The van der Waals surface area contributed by atoms with Crippen molar-refractivity contribution in [2.24, 2.45) is 5.92 Å². The maximum absolute atomic E-state index is 12.2. The number of hydrogen-bond acceptors (Lipinski definition) is 10. The molecule has 5 amide bonds. The molecule has 1 heterocycles. The van der Waals surface area contributed by atoms with E-state index in [9.17, 15) is 28.8 Å². The number of carboxylic acids is 1. The van der Waals surface area contributed by atoms with Crippen LogP contribution in [-0.2, 0) is 47.7 Å². The largest absolute Gasteiger partial charge is 0.480 e. The minimum Gasteiger partial charge on any atom is -0.480 e. The van der Waals surface area contributed by atoms with Gasteiger partial charge in [0.2, 0.25) is 17.7 Å². The summed E-state index contributed by atoms with van der Waals surface area (Å²) in [5.74, 6) is -3.45. The van der Waals surface area contributed by atoms with E-state index in [0.717, 1.165) is 4.90 Å². The molecule has 0 spiro atoms. The van der Waals surface area contributed by atoms with E-state index in [4.69, 9.17) is 24.1 Å². The highest BCUT2D eigenvalue weighted by Crippen LogP contribution is 2.04. The van der Waals surface area contributed by atoms with Gasteiger partial charge in [0.05, 0.1) is 52.9 Å². The number of amides is 5. The first kappa shape index (κ1) is 35.6. The van der Waals surface area contributed by atoms with Crippen molar-refractivity contribution in [2.45, 2.75) is 45.7 Å². The third-order valence-electron chi connectivity index (χ3n) is 5.62. The zero-order valence-electron chi connectivity index (χ0n) is 23.8. The number of carbonyl (C=O) groups is 6. The summed E-state index contributed by atoms with van der Waals surface area (Å²) in [7, 11) is 0. The van der Waals surface area contributed by atoms with Gasteiger partial charge < -0.3 is 40.0 Å². The molecule has 2 atom stereocenters. The van der Waals surface area contributed by atoms with Gasteiger partial charge in [-0.2, -0.15) is 0 Å². The van der Waals surface area contributed by atoms with Crippen molar-refractivity contribution in [3.05, 3.63) is 12.2 Å². The lowest BCUT2D eigenvalue weighted by molar-refractivity contribution is -0.142. The van der Waals surface area contributed by atoms with Gasteiger partial charge in [0.25, 0.3) is 11.8 Å². The molecular formula is C26H42N4O11. The fourth-order valence-electron chi connectivity index (χ4n) is 3.29. The second-order valence-electron chi connectivity index (χ2n) is 9.32. The fourth-order valence-corrected chi connectivity index (χ4v) is 3.29. The summed E-state index contributed by atoms with van der Waals surface area (Å²) in [6.07, 6.45) is 2.41. The minimum absolute atomic E-state index is 0.0263. The SMILES string of the molecule is CC(C)C(NC(=O)CCOCCOCCOCCOCCNC(=O)CCN1C(=O)C=CC1=O)C(=O)N[C@@H](C)C(=O)O. The average Bonchev–Trinajstić information content (AvgIpc) is 3.24. The molecule has 0 aliphatic carbocycles. The number of carbonyl (C=O) groups excluding carboxylic acids is 5. The number of nitrogens with zero attached hydrogens (tertiary/aromatic N) is 1. The summed E-state index contributed by atoms with van der Waals surface area (Å²) >= 11 is 0. The molecule has 0 aromatic carbocycles. The lowest BCUT2D eigenvalue weighted by Crippen LogP contribution is -2.53. The third-order valence-corrected chi connectivity index (χ3v) is 5.62. The Morgan fingerprint density at radius 3 is 1.78 bits per heavy atom. The molecule has 232 valence electrons. The minimum atomic E-state index is -1.16. The van der Waals surface area contributed by atoms with Gasteiger partial charge in [-0.05, 0) is 12.8 Å². The first-order valence-electron chi connectivity index (χ1n) is 13.5. The predicted octanol–water partition coefficient (Wildman–Crippen LogP) is -1.40. The van der Waals surface area contributed by atoms with Crippen LogP contribution in [0.1, 0.15) is 33.6 Å². The van der Waals surface area contributed by atoms with E-state index in [0.29, 0.717) is 46.2 Å². The van der Waals surface area contributed by atoms with E-state index in [1.54, 1.807) is 13.8 Å². The number of imide groups is 1. The maximum atomic E-state index is 12.2. The Balaban J connectivity index is 1.93. The van der Waals surface area contributed by atoms with Gasteiger partial charge in [-0.15, -0.1) is 0 Å². The van der Waals surface area contributed by atoms with Crippen molar-refractivity contribution in [1.29, 1.82) is 0 Å². The first-order chi connectivity index (χ1) is 19.5. The van der Waals surface area contributed by atoms with Crippen molar-refractivity contribution in [3.8, 4) is 0 Å². The van der Waals surface area contributed by atoms with E-state index in [-0.39, 0.29) is 50.3 Å². The Labute approximate surface area is 239 Å². The molecule has 1 aliphatic heterocycles. The molecule has 0 radical (unpaired) electrons. The molecule has 15 nitrogen and oxygen atoms in total. The highest BCUT2D eigenvalue weighted by atomic mass is 16.6. The summed E-state index contributed by atoms with van der Waals surface area (Å²) in [5, 5.41) is 16.5. The van der Waals surface area contributed by atoms with Crippen molar-refractivity contribution >= 4 is 35.5 Å². The molecule has 15 heteroatoms. The topological polar surface area (TPSA) is 199 Å². The standard InChI is InChI=1S/C26H42N4O11/c1-18(2)24(25(35)28-19(3)26(36)37)29-21(32)7-10-38-12-14-40-16-17-41-15-13-39-11-8-27-20(31)6-9-30-22(33)4-5-23(30)34/h4-5,18-19,24H,6-17H2,1-3H3,(H,27,31)(H,28,35)(H,29,32)(H,36,37)/t19-,24?/m0/s1. The molecule has 1 unspecified atom stereocenters. The molecule has 0 saturated carbocycles. The summed E-state index contributed by atoms with van der Waals surface area (Å²) < 4.78 is 21.5. The summed E-state index contributed by atoms with van der Waals surface area (Å²) in [4.78, 5) is 70.9. The van der Waals surface area contributed by atoms with Crippen LogP contribution in [0.2, 0.25) is 0 Å². The number of rotatable bonds is 23. The van der Waals surface area contributed by atoms with Crippen molar-refractivity contribution < 1.29 is 52.8 Å². The Kier molecular flexibility index (Phi) is 17.8. The third kappa shape index (κ3) is 15.8. The summed E-state index contributed by atoms with van der Waals surface area (Å²) in [6.45, 7) is 7.55. The van der Waals surface area contributed by atoms with Gasteiger partial charge in [0, 0.05) is 38.1 Å². The van der Waals surface area contributed by atoms with Crippen LogP contribution >= 0.6 is 0 Å². The number of nitrogens with one attached hydrogen (secondary N) is 3. The molecule has 4 N–H and O–H groups in total. The molecule has 0 bridgehead atoms.